The number of hydrogen-bond acceptors (Lipinski definition) is 2. The Morgan fingerprint density at radius 3 is 0.778 bits per heavy atom. The fourth-order valence-corrected chi connectivity index (χ4v) is 7.42. The molecular weight excluding hydrogens is 544 g/mol. The Bertz CT molecular complexity index is 586. The van der Waals surface area contributed by atoms with Crippen LogP contribution in [0.1, 0.15) is 245 Å². The van der Waals surface area contributed by atoms with E-state index in [0.717, 1.165) is 0 Å². The summed E-state index contributed by atoms with van der Waals surface area (Å²) < 4.78 is 0. The van der Waals surface area contributed by atoms with Crippen LogP contribution in [-0.2, 0) is 0 Å². The van der Waals surface area contributed by atoms with Crippen LogP contribution in [0.5, 0.6) is 0 Å². The zero-order valence-electron chi connectivity index (χ0n) is 31.8. The van der Waals surface area contributed by atoms with E-state index in [1.807, 2.05) is 0 Å². The molecule has 2 nitrogen and oxygen atoms in total. The van der Waals surface area contributed by atoms with Crippen molar-refractivity contribution >= 4 is 0 Å². The summed E-state index contributed by atoms with van der Waals surface area (Å²) >= 11 is 0. The molecule has 2 heteroatoms. The molecule has 45 heavy (non-hydrogen) atoms. The molecule has 1 heterocycles. The van der Waals surface area contributed by atoms with Crippen LogP contribution in [-0.4, -0.2) is 29.1 Å². The number of nitrogens with zero attached hydrogens (tertiary/aromatic N) is 2. The third kappa shape index (κ3) is 27.0. The minimum Gasteiger partial charge on any atom is -0.356 e. The van der Waals surface area contributed by atoms with Crippen molar-refractivity contribution in [3.05, 3.63) is 12.4 Å². The van der Waals surface area contributed by atoms with Crippen molar-refractivity contribution in [2.45, 2.75) is 252 Å². The van der Waals surface area contributed by atoms with E-state index in [0.29, 0.717) is 6.17 Å². The Balaban J connectivity index is 2.14. The van der Waals surface area contributed by atoms with Crippen molar-refractivity contribution in [3.63, 3.8) is 0 Å². The van der Waals surface area contributed by atoms with Crippen molar-refractivity contribution in [1.29, 1.82) is 0 Å². The lowest BCUT2D eigenvalue weighted by Crippen LogP contribution is -2.39. The Kier molecular flexibility index (Phi) is 32.6. The highest BCUT2D eigenvalue weighted by Crippen LogP contribution is 2.24. The van der Waals surface area contributed by atoms with Gasteiger partial charge in [0.25, 0.3) is 0 Å². The van der Waals surface area contributed by atoms with Crippen molar-refractivity contribution in [1.82, 2.24) is 9.80 Å². The van der Waals surface area contributed by atoms with E-state index in [2.05, 4.69) is 43.0 Å². The number of rotatable bonds is 37. The van der Waals surface area contributed by atoms with E-state index in [1.165, 1.54) is 238 Å². The summed E-state index contributed by atoms with van der Waals surface area (Å²) in [5, 5.41) is 0. The fraction of sp³-hybridized carbons (Fsp3) is 0.953. The van der Waals surface area contributed by atoms with Crippen LogP contribution >= 0.6 is 0 Å². The standard InChI is InChI=1S/C43H86N2/c1-4-7-10-13-16-19-20-21-22-23-24-25-26-28-31-34-37-40-45-42-41-44(39-36-33-30-27-17-14-11-8-5-2)43(45)38-35-32-29-18-15-12-9-6-3/h41-43H,4-40H2,1-3H3. The fourth-order valence-electron chi connectivity index (χ4n) is 7.42. The molecule has 0 N–H and O–H groups in total. The SMILES string of the molecule is CCCCCCCCCCCCCCCCCCCN1C=CN(CCCCCCCCCCC)C1CCCCCCCCCC. The van der Waals surface area contributed by atoms with Gasteiger partial charge < -0.3 is 9.80 Å². The normalized spacial score (nSPS) is 14.8. The third-order valence-corrected chi connectivity index (χ3v) is 10.6. The second-order valence-corrected chi connectivity index (χ2v) is 15.0. The van der Waals surface area contributed by atoms with Crippen molar-refractivity contribution in [3.8, 4) is 0 Å². The Labute approximate surface area is 286 Å². The molecule has 0 aromatic heterocycles. The first-order chi connectivity index (χ1) is 22.3. The monoisotopic (exact) mass is 631 g/mol. The largest absolute Gasteiger partial charge is 0.356 e. The highest BCUT2D eigenvalue weighted by molar-refractivity contribution is 4.97. The molecule has 0 spiro atoms. The molecule has 0 saturated carbocycles. The van der Waals surface area contributed by atoms with Gasteiger partial charge in [0.15, 0.2) is 0 Å². The van der Waals surface area contributed by atoms with Gasteiger partial charge in [-0.25, -0.2) is 0 Å². The van der Waals surface area contributed by atoms with Crippen LogP contribution in [0.2, 0.25) is 0 Å². The molecule has 1 unspecified atom stereocenters. The molecule has 1 aliphatic rings. The van der Waals surface area contributed by atoms with Crippen LogP contribution in [0, 0.1) is 0 Å². The van der Waals surface area contributed by atoms with Gasteiger partial charge in [0.05, 0.1) is 0 Å². The van der Waals surface area contributed by atoms with Crippen LogP contribution in [0.25, 0.3) is 0 Å². The average Bonchev–Trinajstić information content (AvgIpc) is 3.43. The number of hydrogen-bond donors (Lipinski definition) is 0. The van der Waals surface area contributed by atoms with Gasteiger partial charge >= 0.3 is 0 Å². The second-order valence-electron chi connectivity index (χ2n) is 15.0. The summed E-state index contributed by atoms with van der Waals surface area (Å²) in [5.41, 5.74) is 0. The number of unbranched alkanes of at least 4 members (excludes halogenated alkanes) is 31. The lowest BCUT2D eigenvalue weighted by molar-refractivity contribution is 0.135. The molecule has 0 fully saturated rings. The van der Waals surface area contributed by atoms with Gasteiger partial charge in [-0.1, -0.05) is 220 Å². The maximum absolute atomic E-state index is 2.72. The van der Waals surface area contributed by atoms with Crippen LogP contribution in [0.15, 0.2) is 12.4 Å². The van der Waals surface area contributed by atoms with Gasteiger partial charge in [0.2, 0.25) is 0 Å². The summed E-state index contributed by atoms with van der Waals surface area (Å²) in [7, 11) is 0. The van der Waals surface area contributed by atoms with Gasteiger partial charge in [0.1, 0.15) is 6.17 Å². The lowest BCUT2D eigenvalue weighted by Gasteiger charge is -2.33. The van der Waals surface area contributed by atoms with Crippen LogP contribution in [0.3, 0.4) is 0 Å². The van der Waals surface area contributed by atoms with Crippen molar-refractivity contribution in [2.24, 2.45) is 0 Å². The molecular formula is C43H86N2. The van der Waals surface area contributed by atoms with E-state index in [-0.39, 0.29) is 0 Å². The zero-order chi connectivity index (χ0) is 32.3. The smallest absolute Gasteiger partial charge is 0.101 e. The third-order valence-electron chi connectivity index (χ3n) is 10.6. The molecule has 1 rings (SSSR count). The molecule has 0 aliphatic carbocycles. The van der Waals surface area contributed by atoms with E-state index in [1.54, 1.807) is 0 Å². The highest BCUT2D eigenvalue weighted by atomic mass is 15.4. The maximum atomic E-state index is 2.72. The van der Waals surface area contributed by atoms with Gasteiger partial charge in [-0.2, -0.15) is 0 Å². The Hall–Kier alpha value is -0.660. The molecule has 1 aliphatic heterocycles. The molecule has 268 valence electrons. The molecule has 0 bridgehead atoms. The summed E-state index contributed by atoms with van der Waals surface area (Å²) in [5.74, 6) is 0. The summed E-state index contributed by atoms with van der Waals surface area (Å²) in [6, 6.07) is 0. The first-order valence-electron chi connectivity index (χ1n) is 21.5. The predicted octanol–water partition coefficient (Wildman–Crippen LogP) is 15.1. The topological polar surface area (TPSA) is 6.48 Å². The van der Waals surface area contributed by atoms with Gasteiger partial charge in [-0.3, -0.25) is 0 Å². The second kappa shape index (κ2) is 34.7. The predicted molar refractivity (Wildman–Crippen MR) is 205 cm³/mol. The molecule has 0 saturated heterocycles. The molecule has 0 aromatic carbocycles. The Morgan fingerprint density at radius 2 is 0.511 bits per heavy atom. The van der Waals surface area contributed by atoms with E-state index < -0.39 is 0 Å². The van der Waals surface area contributed by atoms with Crippen LogP contribution < -0.4 is 0 Å². The van der Waals surface area contributed by atoms with Crippen molar-refractivity contribution in [2.75, 3.05) is 13.1 Å². The maximum Gasteiger partial charge on any atom is 0.101 e. The lowest BCUT2D eigenvalue weighted by atomic mass is 10.0. The van der Waals surface area contributed by atoms with E-state index in [4.69, 9.17) is 0 Å². The first kappa shape index (κ1) is 42.4. The molecule has 1 atom stereocenters. The van der Waals surface area contributed by atoms with Crippen LogP contribution in [0.4, 0.5) is 0 Å². The molecule has 0 radical (unpaired) electrons. The summed E-state index contributed by atoms with van der Waals surface area (Å²) in [6.45, 7) is 9.49. The molecule has 0 amide bonds. The van der Waals surface area contributed by atoms with Crippen molar-refractivity contribution < 1.29 is 0 Å². The molecule has 0 aromatic rings. The van der Waals surface area contributed by atoms with Gasteiger partial charge in [-0.05, 0) is 25.7 Å². The average molecular weight is 631 g/mol. The Morgan fingerprint density at radius 1 is 0.289 bits per heavy atom. The zero-order valence-corrected chi connectivity index (χ0v) is 31.8. The summed E-state index contributed by atoms with van der Waals surface area (Å²) in [6.07, 6.45) is 55.9. The highest BCUT2D eigenvalue weighted by Gasteiger charge is 2.24. The summed E-state index contributed by atoms with van der Waals surface area (Å²) in [4.78, 5) is 5.44. The van der Waals surface area contributed by atoms with E-state index >= 15 is 0 Å². The van der Waals surface area contributed by atoms with Gasteiger partial charge in [-0.15, -0.1) is 0 Å². The van der Waals surface area contributed by atoms with E-state index in [9.17, 15) is 0 Å². The quantitative estimate of drug-likeness (QED) is 0.0630. The first-order valence-corrected chi connectivity index (χ1v) is 21.5. The van der Waals surface area contributed by atoms with Gasteiger partial charge in [0, 0.05) is 25.5 Å². The minimum atomic E-state index is 0.639. The minimum absolute atomic E-state index is 0.639.